The summed E-state index contributed by atoms with van der Waals surface area (Å²) >= 11 is 0. The molecule has 1 heterocycles. The molecule has 0 aliphatic carbocycles. The van der Waals surface area contributed by atoms with Crippen LogP contribution in [0.25, 0.3) is 0 Å². The fourth-order valence-corrected chi connectivity index (χ4v) is 3.31. The van der Waals surface area contributed by atoms with E-state index in [0.717, 1.165) is 35.4 Å². The number of nitrogens with zero attached hydrogens (tertiary/aromatic N) is 1. The Kier molecular flexibility index (Phi) is 5.91. The van der Waals surface area contributed by atoms with Crippen LogP contribution in [0.2, 0.25) is 0 Å². The minimum atomic E-state index is -0.146. The predicted molar refractivity (Wildman–Crippen MR) is 106 cm³/mol. The lowest BCUT2D eigenvalue weighted by molar-refractivity contribution is -0.114. The van der Waals surface area contributed by atoms with Gasteiger partial charge in [0, 0.05) is 17.8 Å². The molecule has 0 atom stereocenters. The van der Waals surface area contributed by atoms with E-state index in [2.05, 4.69) is 11.9 Å². The van der Waals surface area contributed by atoms with E-state index in [1.54, 1.807) is 11.0 Å². The van der Waals surface area contributed by atoms with Crippen molar-refractivity contribution >= 4 is 17.5 Å². The molecule has 2 amide bonds. The number of carbonyl (C=O) groups is 2. The van der Waals surface area contributed by atoms with E-state index < -0.39 is 0 Å². The normalized spacial score (nSPS) is 12.9. The average molecular weight is 364 g/mol. The van der Waals surface area contributed by atoms with Crippen molar-refractivity contribution in [2.45, 2.75) is 19.8 Å². The molecule has 0 radical (unpaired) electrons. The van der Waals surface area contributed by atoms with Gasteiger partial charge in [0.2, 0.25) is 5.91 Å². The third kappa shape index (κ3) is 4.37. The highest BCUT2D eigenvalue weighted by atomic mass is 16.5. The van der Waals surface area contributed by atoms with Gasteiger partial charge >= 0.3 is 0 Å². The molecule has 1 aliphatic heterocycles. The Morgan fingerprint density at radius 2 is 2.07 bits per heavy atom. The largest absolute Gasteiger partial charge is 0.492 e. The Balaban J connectivity index is 1.63. The van der Waals surface area contributed by atoms with Crippen LogP contribution >= 0.6 is 0 Å². The minimum absolute atomic E-state index is 0.139. The van der Waals surface area contributed by atoms with Crippen molar-refractivity contribution in [3.8, 4) is 5.75 Å². The van der Waals surface area contributed by atoms with Crippen molar-refractivity contribution in [3.63, 3.8) is 0 Å². The molecule has 0 aromatic heterocycles. The quantitative estimate of drug-likeness (QED) is 0.632. The first kappa shape index (κ1) is 18.7. The van der Waals surface area contributed by atoms with Crippen LogP contribution in [0.4, 0.5) is 5.69 Å². The number of hydrogen-bond acceptors (Lipinski definition) is 3. The molecule has 0 saturated heterocycles. The zero-order chi connectivity index (χ0) is 19.2. The summed E-state index contributed by atoms with van der Waals surface area (Å²) in [6.45, 7) is 7.02. The first-order chi connectivity index (χ1) is 13.1. The van der Waals surface area contributed by atoms with Crippen molar-refractivity contribution in [2.75, 3.05) is 24.6 Å². The summed E-state index contributed by atoms with van der Waals surface area (Å²) in [6, 6.07) is 13.3. The van der Waals surface area contributed by atoms with Gasteiger partial charge in [-0.2, -0.15) is 0 Å². The van der Waals surface area contributed by atoms with Crippen LogP contribution in [0.3, 0.4) is 0 Å². The molecular weight excluding hydrogens is 340 g/mol. The number of nitrogens with one attached hydrogen (secondary N) is 1. The van der Waals surface area contributed by atoms with Gasteiger partial charge in [-0.05, 0) is 61.2 Å². The molecule has 0 spiro atoms. The molecule has 5 heteroatoms. The van der Waals surface area contributed by atoms with Gasteiger partial charge < -0.3 is 15.0 Å². The van der Waals surface area contributed by atoms with Crippen LogP contribution in [-0.2, 0) is 11.2 Å². The Hall–Kier alpha value is -3.08. The number of hydrogen-bond donors (Lipinski definition) is 1. The standard InChI is InChI=1S/C22H24N2O3/c1-3-21(25)24-13-6-10-18-19(9-5-11-20(18)24)22(26)23-12-14-27-17-8-4-7-16(2)15-17/h3-5,7-9,11,15H,1,6,10,12-14H2,2H3,(H,23,26). The van der Waals surface area contributed by atoms with Crippen LogP contribution in [0.15, 0.2) is 55.1 Å². The van der Waals surface area contributed by atoms with E-state index in [-0.39, 0.29) is 11.8 Å². The number of fused-ring (bicyclic) bond motifs is 1. The van der Waals surface area contributed by atoms with E-state index >= 15 is 0 Å². The molecular formula is C22H24N2O3. The molecule has 2 aromatic rings. The van der Waals surface area contributed by atoms with Crippen molar-refractivity contribution < 1.29 is 14.3 Å². The molecule has 0 fully saturated rings. The van der Waals surface area contributed by atoms with Gasteiger partial charge in [-0.1, -0.05) is 24.8 Å². The molecule has 2 aromatic carbocycles. The molecule has 0 bridgehead atoms. The Labute approximate surface area is 159 Å². The smallest absolute Gasteiger partial charge is 0.251 e. The summed E-state index contributed by atoms with van der Waals surface area (Å²) < 4.78 is 5.67. The van der Waals surface area contributed by atoms with Gasteiger partial charge in [-0.25, -0.2) is 0 Å². The van der Waals surface area contributed by atoms with Gasteiger partial charge in [0.1, 0.15) is 12.4 Å². The van der Waals surface area contributed by atoms with Crippen LogP contribution < -0.4 is 15.0 Å². The van der Waals surface area contributed by atoms with E-state index in [9.17, 15) is 9.59 Å². The van der Waals surface area contributed by atoms with Gasteiger partial charge in [-0.3, -0.25) is 9.59 Å². The fourth-order valence-electron chi connectivity index (χ4n) is 3.31. The molecule has 1 aliphatic rings. The van der Waals surface area contributed by atoms with Crippen molar-refractivity contribution in [2.24, 2.45) is 0 Å². The Morgan fingerprint density at radius 1 is 1.26 bits per heavy atom. The zero-order valence-corrected chi connectivity index (χ0v) is 15.5. The summed E-state index contributed by atoms with van der Waals surface area (Å²) in [5.41, 5.74) is 3.46. The number of benzene rings is 2. The summed E-state index contributed by atoms with van der Waals surface area (Å²) in [5, 5.41) is 2.90. The van der Waals surface area contributed by atoms with E-state index in [4.69, 9.17) is 4.74 Å². The molecule has 27 heavy (non-hydrogen) atoms. The second-order valence-corrected chi connectivity index (χ2v) is 6.52. The molecule has 3 rings (SSSR count). The molecule has 5 nitrogen and oxygen atoms in total. The number of rotatable bonds is 6. The first-order valence-electron chi connectivity index (χ1n) is 9.13. The molecule has 1 N–H and O–H groups in total. The van der Waals surface area contributed by atoms with Crippen molar-refractivity contribution in [1.82, 2.24) is 5.32 Å². The van der Waals surface area contributed by atoms with Crippen molar-refractivity contribution in [1.29, 1.82) is 0 Å². The summed E-state index contributed by atoms with van der Waals surface area (Å²) in [6.07, 6.45) is 2.91. The predicted octanol–water partition coefficient (Wildman–Crippen LogP) is 3.27. The van der Waals surface area contributed by atoms with Crippen LogP contribution in [0.5, 0.6) is 5.75 Å². The summed E-state index contributed by atoms with van der Waals surface area (Å²) in [5.74, 6) is 0.507. The van der Waals surface area contributed by atoms with Crippen LogP contribution in [-0.4, -0.2) is 31.5 Å². The lowest BCUT2D eigenvalue weighted by atomic mass is 9.95. The number of anilines is 1. The Morgan fingerprint density at radius 3 is 2.85 bits per heavy atom. The monoisotopic (exact) mass is 364 g/mol. The second kappa shape index (κ2) is 8.54. The third-order valence-corrected chi connectivity index (χ3v) is 4.58. The van der Waals surface area contributed by atoms with Crippen LogP contribution in [0.1, 0.15) is 27.9 Å². The molecule has 0 unspecified atom stereocenters. The molecule has 0 saturated carbocycles. The van der Waals surface area contributed by atoms with Gasteiger partial charge in [0.15, 0.2) is 0 Å². The topological polar surface area (TPSA) is 58.6 Å². The zero-order valence-electron chi connectivity index (χ0n) is 15.5. The maximum Gasteiger partial charge on any atom is 0.251 e. The van der Waals surface area contributed by atoms with E-state index in [1.807, 2.05) is 43.3 Å². The third-order valence-electron chi connectivity index (χ3n) is 4.58. The Bertz CT molecular complexity index is 860. The van der Waals surface area contributed by atoms with Gasteiger partial charge in [-0.15, -0.1) is 0 Å². The van der Waals surface area contributed by atoms with Crippen molar-refractivity contribution in [3.05, 3.63) is 71.8 Å². The minimum Gasteiger partial charge on any atom is -0.492 e. The van der Waals surface area contributed by atoms with Gasteiger partial charge in [0.05, 0.1) is 6.54 Å². The maximum absolute atomic E-state index is 12.6. The number of ether oxygens (including phenoxy) is 1. The number of amides is 2. The van der Waals surface area contributed by atoms with Crippen LogP contribution in [0, 0.1) is 6.92 Å². The van der Waals surface area contributed by atoms with Gasteiger partial charge in [0.25, 0.3) is 5.91 Å². The lowest BCUT2D eigenvalue weighted by Gasteiger charge is -2.29. The average Bonchev–Trinajstić information content (AvgIpc) is 2.69. The highest BCUT2D eigenvalue weighted by molar-refractivity contribution is 6.04. The number of carbonyl (C=O) groups excluding carboxylic acids is 2. The lowest BCUT2D eigenvalue weighted by Crippen LogP contribution is -2.36. The fraction of sp³-hybridized carbons (Fsp3) is 0.273. The highest BCUT2D eigenvalue weighted by Crippen LogP contribution is 2.30. The number of aryl methyl sites for hydroxylation is 1. The second-order valence-electron chi connectivity index (χ2n) is 6.52. The highest BCUT2D eigenvalue weighted by Gasteiger charge is 2.24. The molecule has 140 valence electrons. The van der Waals surface area contributed by atoms with E-state index in [1.165, 1.54) is 6.08 Å². The summed E-state index contributed by atoms with van der Waals surface area (Å²) in [4.78, 5) is 26.4. The summed E-state index contributed by atoms with van der Waals surface area (Å²) in [7, 11) is 0. The first-order valence-corrected chi connectivity index (χ1v) is 9.13. The maximum atomic E-state index is 12.6. The SMILES string of the molecule is C=CC(=O)N1CCCc2c(C(=O)NCCOc3cccc(C)c3)cccc21. The van der Waals surface area contributed by atoms with E-state index in [0.29, 0.717) is 25.3 Å².